The quantitative estimate of drug-likeness (QED) is 0.792. The van der Waals surface area contributed by atoms with Crippen molar-refractivity contribution < 1.29 is 19.1 Å². The normalized spacial score (nSPS) is 12.4. The number of amides is 1. The van der Waals surface area contributed by atoms with E-state index in [0.717, 1.165) is 0 Å². The first-order chi connectivity index (χ1) is 8.00. The minimum Gasteiger partial charge on any atom is -0.481 e. The Morgan fingerprint density at radius 3 is 2.65 bits per heavy atom. The van der Waals surface area contributed by atoms with Crippen LogP contribution in [-0.4, -0.2) is 23.0 Å². The smallest absolute Gasteiger partial charge is 0.303 e. The van der Waals surface area contributed by atoms with E-state index in [1.54, 1.807) is 12.1 Å². The molecular formula is C12H17NO4. The fourth-order valence-electron chi connectivity index (χ4n) is 1.55. The molecule has 0 saturated carbocycles. The van der Waals surface area contributed by atoms with Crippen LogP contribution in [0.2, 0.25) is 0 Å². The third-order valence-corrected chi connectivity index (χ3v) is 2.28. The molecule has 0 aliphatic carbocycles. The van der Waals surface area contributed by atoms with Gasteiger partial charge in [-0.15, -0.1) is 0 Å². The summed E-state index contributed by atoms with van der Waals surface area (Å²) in [5.74, 6) is -1.15. The van der Waals surface area contributed by atoms with E-state index in [1.807, 2.05) is 13.8 Å². The van der Waals surface area contributed by atoms with Gasteiger partial charge in [0.05, 0.1) is 12.2 Å². The van der Waals surface area contributed by atoms with Crippen LogP contribution < -0.4 is 5.32 Å². The highest BCUT2D eigenvalue weighted by Crippen LogP contribution is 2.22. The molecule has 1 heterocycles. The van der Waals surface area contributed by atoms with Gasteiger partial charge in [-0.3, -0.25) is 9.59 Å². The monoisotopic (exact) mass is 239 g/mol. The number of nitrogens with one attached hydrogen (secondary N) is 1. The second-order valence-corrected chi connectivity index (χ2v) is 4.16. The van der Waals surface area contributed by atoms with Gasteiger partial charge in [0.1, 0.15) is 5.76 Å². The molecule has 1 aromatic rings. The van der Waals surface area contributed by atoms with Gasteiger partial charge < -0.3 is 14.8 Å². The summed E-state index contributed by atoms with van der Waals surface area (Å²) < 4.78 is 5.18. The minimum absolute atomic E-state index is 0.0183. The van der Waals surface area contributed by atoms with Crippen LogP contribution in [0.1, 0.15) is 38.4 Å². The lowest BCUT2D eigenvalue weighted by Gasteiger charge is -2.15. The summed E-state index contributed by atoms with van der Waals surface area (Å²) in [7, 11) is 0. The highest BCUT2D eigenvalue weighted by Gasteiger charge is 2.24. The van der Waals surface area contributed by atoms with Gasteiger partial charge in [-0.25, -0.2) is 0 Å². The SMILES string of the molecule is CC(C)NC(=O)C(CCC(=O)O)c1ccco1. The van der Waals surface area contributed by atoms with Crippen molar-refractivity contribution in [1.29, 1.82) is 0 Å². The van der Waals surface area contributed by atoms with Crippen molar-refractivity contribution in [2.75, 3.05) is 0 Å². The Hall–Kier alpha value is -1.78. The van der Waals surface area contributed by atoms with Gasteiger partial charge in [-0.1, -0.05) is 0 Å². The topological polar surface area (TPSA) is 79.5 Å². The van der Waals surface area contributed by atoms with E-state index < -0.39 is 11.9 Å². The van der Waals surface area contributed by atoms with Gasteiger partial charge in [0.2, 0.25) is 5.91 Å². The number of carbonyl (C=O) groups excluding carboxylic acids is 1. The number of rotatable bonds is 6. The maximum Gasteiger partial charge on any atom is 0.303 e. The maximum absolute atomic E-state index is 11.9. The Balaban J connectivity index is 2.72. The molecular weight excluding hydrogens is 222 g/mol. The Labute approximate surface area is 99.8 Å². The molecule has 5 heteroatoms. The molecule has 0 radical (unpaired) electrons. The Morgan fingerprint density at radius 2 is 2.18 bits per heavy atom. The lowest BCUT2D eigenvalue weighted by atomic mass is 9.99. The van der Waals surface area contributed by atoms with Crippen LogP contribution in [-0.2, 0) is 9.59 Å². The van der Waals surface area contributed by atoms with Crippen molar-refractivity contribution >= 4 is 11.9 Å². The highest BCUT2D eigenvalue weighted by molar-refractivity contribution is 5.83. The molecule has 0 saturated heterocycles. The minimum atomic E-state index is -0.918. The van der Waals surface area contributed by atoms with Gasteiger partial charge in [0.25, 0.3) is 0 Å². The van der Waals surface area contributed by atoms with Crippen molar-refractivity contribution in [1.82, 2.24) is 5.32 Å². The Bertz CT molecular complexity index is 370. The maximum atomic E-state index is 11.9. The van der Waals surface area contributed by atoms with Crippen LogP contribution in [0.3, 0.4) is 0 Å². The highest BCUT2D eigenvalue weighted by atomic mass is 16.4. The average molecular weight is 239 g/mol. The summed E-state index contributed by atoms with van der Waals surface area (Å²) in [6, 6.07) is 3.39. The number of aliphatic carboxylic acids is 1. The first kappa shape index (κ1) is 13.3. The summed E-state index contributed by atoms with van der Waals surface area (Å²) in [4.78, 5) is 22.5. The molecule has 94 valence electrons. The zero-order valence-electron chi connectivity index (χ0n) is 9.97. The lowest BCUT2D eigenvalue weighted by Crippen LogP contribution is -2.34. The molecule has 1 amide bonds. The molecule has 1 rings (SSSR count). The molecule has 17 heavy (non-hydrogen) atoms. The van der Waals surface area contributed by atoms with Crippen molar-refractivity contribution in [3.05, 3.63) is 24.2 Å². The van der Waals surface area contributed by atoms with E-state index in [-0.39, 0.29) is 24.8 Å². The van der Waals surface area contributed by atoms with E-state index in [9.17, 15) is 9.59 Å². The van der Waals surface area contributed by atoms with E-state index in [2.05, 4.69) is 5.32 Å². The Kier molecular flexibility index (Phi) is 4.75. The summed E-state index contributed by atoms with van der Waals surface area (Å²) in [5, 5.41) is 11.4. The van der Waals surface area contributed by atoms with E-state index >= 15 is 0 Å². The van der Waals surface area contributed by atoms with Crippen molar-refractivity contribution in [2.45, 2.75) is 38.6 Å². The fourth-order valence-corrected chi connectivity index (χ4v) is 1.55. The third kappa shape index (κ3) is 4.30. The van der Waals surface area contributed by atoms with Crippen LogP contribution >= 0.6 is 0 Å². The fraction of sp³-hybridized carbons (Fsp3) is 0.500. The van der Waals surface area contributed by atoms with Crippen molar-refractivity contribution in [3.8, 4) is 0 Å². The van der Waals surface area contributed by atoms with Gasteiger partial charge in [-0.2, -0.15) is 0 Å². The first-order valence-corrected chi connectivity index (χ1v) is 5.56. The summed E-state index contributed by atoms with van der Waals surface area (Å²) >= 11 is 0. The molecule has 1 atom stereocenters. The van der Waals surface area contributed by atoms with Gasteiger partial charge >= 0.3 is 5.97 Å². The summed E-state index contributed by atoms with van der Waals surface area (Å²) in [6.07, 6.45) is 1.66. The average Bonchev–Trinajstić information content (AvgIpc) is 2.69. The van der Waals surface area contributed by atoms with E-state index in [4.69, 9.17) is 9.52 Å². The largest absolute Gasteiger partial charge is 0.481 e. The van der Waals surface area contributed by atoms with Crippen molar-refractivity contribution in [2.24, 2.45) is 0 Å². The van der Waals surface area contributed by atoms with Crippen LogP contribution in [0, 0.1) is 0 Å². The second-order valence-electron chi connectivity index (χ2n) is 4.16. The number of carboxylic acid groups (broad SMARTS) is 1. The molecule has 1 aromatic heterocycles. The molecule has 2 N–H and O–H groups in total. The van der Waals surface area contributed by atoms with Crippen LogP contribution in [0.25, 0.3) is 0 Å². The molecule has 0 spiro atoms. The molecule has 1 unspecified atom stereocenters. The van der Waals surface area contributed by atoms with E-state index in [1.165, 1.54) is 6.26 Å². The van der Waals surface area contributed by atoms with Crippen molar-refractivity contribution in [3.63, 3.8) is 0 Å². The predicted octanol–water partition coefficient (Wildman–Crippen LogP) is 1.75. The number of carbonyl (C=O) groups is 2. The molecule has 0 bridgehead atoms. The molecule has 5 nitrogen and oxygen atoms in total. The third-order valence-electron chi connectivity index (χ3n) is 2.28. The van der Waals surface area contributed by atoms with E-state index in [0.29, 0.717) is 5.76 Å². The van der Waals surface area contributed by atoms with Gasteiger partial charge in [0.15, 0.2) is 0 Å². The molecule has 0 aromatic carbocycles. The number of carboxylic acids is 1. The second kappa shape index (κ2) is 6.08. The Morgan fingerprint density at radius 1 is 1.47 bits per heavy atom. The molecule has 0 fully saturated rings. The van der Waals surface area contributed by atoms with Crippen LogP contribution in [0.5, 0.6) is 0 Å². The number of hydrogen-bond donors (Lipinski definition) is 2. The lowest BCUT2D eigenvalue weighted by molar-refractivity contribution is -0.137. The summed E-state index contributed by atoms with van der Waals surface area (Å²) in [6.45, 7) is 3.71. The van der Waals surface area contributed by atoms with Gasteiger partial charge in [-0.05, 0) is 32.4 Å². The number of hydrogen-bond acceptors (Lipinski definition) is 3. The first-order valence-electron chi connectivity index (χ1n) is 5.56. The van der Waals surface area contributed by atoms with Crippen LogP contribution in [0.15, 0.2) is 22.8 Å². The zero-order chi connectivity index (χ0) is 12.8. The standard InChI is InChI=1S/C12H17NO4/c1-8(2)13-12(16)9(5-6-11(14)15)10-4-3-7-17-10/h3-4,7-9H,5-6H2,1-2H3,(H,13,16)(H,14,15). The molecule has 0 aliphatic heterocycles. The molecule has 0 aliphatic rings. The van der Waals surface area contributed by atoms with Crippen LogP contribution in [0.4, 0.5) is 0 Å². The number of furan rings is 1. The predicted molar refractivity (Wildman–Crippen MR) is 61.6 cm³/mol. The zero-order valence-corrected chi connectivity index (χ0v) is 9.97. The summed E-state index contributed by atoms with van der Waals surface area (Å²) in [5.41, 5.74) is 0. The van der Waals surface area contributed by atoms with Gasteiger partial charge in [0, 0.05) is 12.5 Å².